The number of rotatable bonds is 2. The Hall–Kier alpha value is -0.900. The minimum absolute atomic E-state index is 0.424. The molecule has 0 fully saturated rings. The van der Waals surface area contributed by atoms with Crippen molar-refractivity contribution in [3.63, 3.8) is 0 Å². The van der Waals surface area contributed by atoms with Gasteiger partial charge in [-0.3, -0.25) is 0 Å². The van der Waals surface area contributed by atoms with Crippen LogP contribution in [0, 0.1) is 0 Å². The van der Waals surface area contributed by atoms with Gasteiger partial charge in [0.1, 0.15) is 0 Å². The lowest BCUT2D eigenvalue weighted by atomic mass is 9.97. The molecular formula is C10H14O3. The Balaban J connectivity index is 2.94. The molecule has 0 atom stereocenters. The van der Waals surface area contributed by atoms with Gasteiger partial charge >= 0.3 is 0 Å². The summed E-state index contributed by atoms with van der Waals surface area (Å²) in [5, 5.41) is 27.2. The maximum Gasteiger partial charge on any atom is 0.178 e. The van der Waals surface area contributed by atoms with Crippen molar-refractivity contribution in [2.75, 3.05) is 0 Å². The van der Waals surface area contributed by atoms with E-state index in [1.54, 1.807) is 38.1 Å². The van der Waals surface area contributed by atoms with E-state index in [1.165, 1.54) is 0 Å². The first kappa shape index (κ1) is 10.2. The van der Waals surface area contributed by atoms with Gasteiger partial charge in [0.15, 0.2) is 6.29 Å². The highest BCUT2D eigenvalue weighted by Gasteiger charge is 2.15. The zero-order valence-corrected chi connectivity index (χ0v) is 7.73. The summed E-state index contributed by atoms with van der Waals surface area (Å²) in [6.45, 7) is 3.36. The minimum atomic E-state index is -1.45. The van der Waals surface area contributed by atoms with Crippen LogP contribution in [0.5, 0.6) is 0 Å². The lowest BCUT2D eigenvalue weighted by molar-refractivity contribution is -0.0425. The minimum Gasteiger partial charge on any atom is -0.386 e. The molecule has 0 radical (unpaired) electrons. The van der Waals surface area contributed by atoms with Crippen LogP contribution in [-0.2, 0) is 5.60 Å². The molecule has 0 aliphatic carbocycles. The number of hydrogen-bond donors (Lipinski definition) is 3. The van der Waals surface area contributed by atoms with Gasteiger partial charge in [-0.05, 0) is 19.4 Å². The number of benzene rings is 1. The normalized spacial score (nSPS) is 12.2. The van der Waals surface area contributed by atoms with Gasteiger partial charge in [-0.1, -0.05) is 24.3 Å². The Bertz CT molecular complexity index is 269. The van der Waals surface area contributed by atoms with Gasteiger partial charge in [0, 0.05) is 5.56 Å². The summed E-state index contributed by atoms with van der Waals surface area (Å²) in [4.78, 5) is 0. The van der Waals surface area contributed by atoms with Crippen LogP contribution in [-0.4, -0.2) is 15.3 Å². The van der Waals surface area contributed by atoms with Crippen LogP contribution < -0.4 is 0 Å². The van der Waals surface area contributed by atoms with E-state index in [0.29, 0.717) is 5.56 Å². The standard InChI is InChI=1S/C10H14O3/c1-10(2,13)8-5-3-7(4-6-8)9(11)12/h3-6,9,11-13H,1-2H3. The third kappa shape index (κ3) is 2.52. The Morgan fingerprint density at radius 2 is 1.54 bits per heavy atom. The van der Waals surface area contributed by atoms with Crippen molar-refractivity contribution in [2.45, 2.75) is 25.7 Å². The summed E-state index contributed by atoms with van der Waals surface area (Å²) in [5.41, 5.74) is 0.281. The Morgan fingerprint density at radius 3 is 1.85 bits per heavy atom. The molecule has 1 rings (SSSR count). The molecule has 0 bridgehead atoms. The van der Waals surface area contributed by atoms with Crippen LogP contribution in [0.3, 0.4) is 0 Å². The van der Waals surface area contributed by atoms with Gasteiger partial charge in [-0.15, -0.1) is 0 Å². The summed E-state index contributed by atoms with van der Waals surface area (Å²) in [6.07, 6.45) is -1.45. The monoisotopic (exact) mass is 182 g/mol. The third-order valence-electron chi connectivity index (χ3n) is 1.92. The Kier molecular flexibility index (Phi) is 2.71. The molecule has 0 saturated heterocycles. The van der Waals surface area contributed by atoms with E-state index in [2.05, 4.69) is 0 Å². The van der Waals surface area contributed by atoms with E-state index in [0.717, 1.165) is 5.56 Å². The second-order valence-corrected chi connectivity index (χ2v) is 3.55. The summed E-state index contributed by atoms with van der Waals surface area (Å²) in [7, 11) is 0. The topological polar surface area (TPSA) is 60.7 Å². The predicted octanol–water partition coefficient (Wildman–Crippen LogP) is 0.897. The average molecular weight is 182 g/mol. The van der Waals surface area contributed by atoms with Crippen molar-refractivity contribution in [3.05, 3.63) is 35.4 Å². The van der Waals surface area contributed by atoms with Crippen molar-refractivity contribution in [2.24, 2.45) is 0 Å². The van der Waals surface area contributed by atoms with E-state index in [-0.39, 0.29) is 0 Å². The fourth-order valence-electron chi connectivity index (χ4n) is 1.06. The summed E-state index contributed by atoms with van der Waals surface area (Å²) in [5.74, 6) is 0. The van der Waals surface area contributed by atoms with Crippen LogP contribution in [0.15, 0.2) is 24.3 Å². The molecule has 0 aliphatic heterocycles. The lowest BCUT2D eigenvalue weighted by Gasteiger charge is -2.18. The van der Waals surface area contributed by atoms with E-state index < -0.39 is 11.9 Å². The molecule has 3 heteroatoms. The first-order chi connectivity index (χ1) is 5.91. The zero-order valence-electron chi connectivity index (χ0n) is 7.73. The highest BCUT2D eigenvalue weighted by atomic mass is 16.5. The maximum absolute atomic E-state index is 9.59. The molecule has 3 nitrogen and oxygen atoms in total. The molecule has 0 aliphatic rings. The first-order valence-electron chi connectivity index (χ1n) is 4.10. The number of aliphatic hydroxyl groups excluding tert-OH is 1. The van der Waals surface area contributed by atoms with Gasteiger partial charge in [0.25, 0.3) is 0 Å². The van der Waals surface area contributed by atoms with Gasteiger partial charge in [-0.25, -0.2) is 0 Å². The fraction of sp³-hybridized carbons (Fsp3) is 0.400. The highest BCUT2D eigenvalue weighted by molar-refractivity contribution is 5.26. The number of hydrogen-bond acceptors (Lipinski definition) is 3. The predicted molar refractivity (Wildman–Crippen MR) is 48.9 cm³/mol. The molecule has 1 aromatic rings. The van der Waals surface area contributed by atoms with Crippen LogP contribution in [0.4, 0.5) is 0 Å². The smallest absolute Gasteiger partial charge is 0.178 e. The van der Waals surface area contributed by atoms with Crippen LogP contribution in [0.2, 0.25) is 0 Å². The quantitative estimate of drug-likeness (QED) is 0.595. The van der Waals surface area contributed by atoms with Crippen molar-refractivity contribution in [1.82, 2.24) is 0 Å². The van der Waals surface area contributed by atoms with E-state index in [9.17, 15) is 5.11 Å². The fourth-order valence-corrected chi connectivity index (χ4v) is 1.06. The lowest BCUT2D eigenvalue weighted by Crippen LogP contribution is -2.15. The molecule has 13 heavy (non-hydrogen) atoms. The van der Waals surface area contributed by atoms with Crippen molar-refractivity contribution >= 4 is 0 Å². The molecule has 3 N–H and O–H groups in total. The summed E-state index contributed by atoms with van der Waals surface area (Å²) in [6, 6.07) is 6.51. The summed E-state index contributed by atoms with van der Waals surface area (Å²) >= 11 is 0. The molecule has 0 heterocycles. The van der Waals surface area contributed by atoms with Gasteiger partial charge < -0.3 is 15.3 Å². The third-order valence-corrected chi connectivity index (χ3v) is 1.92. The van der Waals surface area contributed by atoms with Gasteiger partial charge in [0.05, 0.1) is 5.60 Å². The first-order valence-corrected chi connectivity index (χ1v) is 4.10. The second-order valence-electron chi connectivity index (χ2n) is 3.55. The Morgan fingerprint density at radius 1 is 1.08 bits per heavy atom. The average Bonchev–Trinajstić information content (AvgIpc) is 2.03. The maximum atomic E-state index is 9.59. The zero-order chi connectivity index (χ0) is 10.1. The molecule has 0 amide bonds. The van der Waals surface area contributed by atoms with E-state index in [4.69, 9.17) is 10.2 Å². The molecule has 0 spiro atoms. The van der Waals surface area contributed by atoms with E-state index >= 15 is 0 Å². The van der Waals surface area contributed by atoms with Crippen LogP contribution in [0.1, 0.15) is 31.3 Å². The summed E-state index contributed by atoms with van der Waals surface area (Å²) < 4.78 is 0. The van der Waals surface area contributed by atoms with Crippen molar-refractivity contribution < 1.29 is 15.3 Å². The highest BCUT2D eigenvalue weighted by Crippen LogP contribution is 2.21. The molecule has 72 valence electrons. The molecule has 0 aromatic heterocycles. The second kappa shape index (κ2) is 3.46. The van der Waals surface area contributed by atoms with Crippen molar-refractivity contribution in [3.8, 4) is 0 Å². The van der Waals surface area contributed by atoms with Crippen molar-refractivity contribution in [1.29, 1.82) is 0 Å². The SMILES string of the molecule is CC(C)(O)c1ccc(C(O)O)cc1. The molecular weight excluding hydrogens is 168 g/mol. The Labute approximate surface area is 77.3 Å². The van der Waals surface area contributed by atoms with Crippen LogP contribution >= 0.6 is 0 Å². The van der Waals surface area contributed by atoms with E-state index in [1.807, 2.05) is 0 Å². The largest absolute Gasteiger partial charge is 0.386 e. The molecule has 0 unspecified atom stereocenters. The number of aliphatic hydroxyl groups is 3. The molecule has 0 saturated carbocycles. The van der Waals surface area contributed by atoms with Gasteiger partial charge in [-0.2, -0.15) is 0 Å². The molecule has 1 aromatic carbocycles. The van der Waals surface area contributed by atoms with Crippen LogP contribution in [0.25, 0.3) is 0 Å². The van der Waals surface area contributed by atoms with Gasteiger partial charge in [0.2, 0.25) is 0 Å².